The summed E-state index contributed by atoms with van der Waals surface area (Å²) in [6, 6.07) is 9.48. The monoisotopic (exact) mass is 387 g/mol. The van der Waals surface area contributed by atoms with Crippen LogP contribution in [0.4, 0.5) is 0 Å². The molecule has 8 heteroatoms. The zero-order chi connectivity index (χ0) is 18.4. The molecule has 0 atom stereocenters. The summed E-state index contributed by atoms with van der Waals surface area (Å²) in [5, 5.41) is 4.51. The zero-order valence-corrected chi connectivity index (χ0v) is 15.8. The smallest absolute Gasteiger partial charge is 0.312 e. The minimum Gasteiger partial charge on any atom is -0.455 e. The van der Waals surface area contributed by atoms with Crippen LogP contribution in [-0.2, 0) is 27.3 Å². The molecule has 0 aromatic carbocycles. The summed E-state index contributed by atoms with van der Waals surface area (Å²) < 4.78 is 5.09. The minimum atomic E-state index is -0.472. The standard InChI is InChI=1S/C18H17N3O3S2/c1-21(10-14-5-4-8-25-14)16(22)11-24-17(23)9-13-12-26-18(20-13)15-6-2-3-7-19-15/h2-8,12H,9-11H2,1H3. The third-order valence-corrected chi connectivity index (χ3v) is 5.29. The van der Waals surface area contributed by atoms with Gasteiger partial charge in [-0.3, -0.25) is 14.6 Å². The molecule has 0 spiro atoms. The average molecular weight is 387 g/mol. The normalized spacial score (nSPS) is 10.5. The van der Waals surface area contributed by atoms with Crippen molar-refractivity contribution in [2.24, 2.45) is 0 Å². The topological polar surface area (TPSA) is 72.4 Å². The Bertz CT molecular complexity index is 863. The molecule has 0 fully saturated rings. The number of nitrogens with zero attached hydrogens (tertiary/aromatic N) is 3. The Morgan fingerprint density at radius 3 is 2.81 bits per heavy atom. The van der Waals surface area contributed by atoms with Crippen LogP contribution in [-0.4, -0.2) is 40.4 Å². The number of ether oxygens (including phenoxy) is 1. The van der Waals surface area contributed by atoms with Gasteiger partial charge in [0, 0.05) is 23.5 Å². The van der Waals surface area contributed by atoms with Crippen LogP contribution in [0.1, 0.15) is 10.6 Å². The van der Waals surface area contributed by atoms with Crippen LogP contribution in [0.25, 0.3) is 10.7 Å². The molecule has 0 saturated heterocycles. The summed E-state index contributed by atoms with van der Waals surface area (Å²) in [6.45, 7) is 0.242. The summed E-state index contributed by atoms with van der Waals surface area (Å²) in [5.74, 6) is -0.708. The Morgan fingerprint density at radius 1 is 1.19 bits per heavy atom. The lowest BCUT2D eigenvalue weighted by Crippen LogP contribution is -2.30. The third kappa shape index (κ3) is 4.96. The van der Waals surface area contributed by atoms with E-state index in [1.165, 1.54) is 11.3 Å². The van der Waals surface area contributed by atoms with Crippen molar-refractivity contribution in [3.8, 4) is 10.7 Å². The first-order valence-electron chi connectivity index (χ1n) is 7.89. The minimum absolute atomic E-state index is 0.0330. The van der Waals surface area contributed by atoms with Gasteiger partial charge < -0.3 is 9.64 Å². The SMILES string of the molecule is CN(Cc1cccs1)C(=O)COC(=O)Cc1csc(-c2ccccn2)n1. The first-order valence-corrected chi connectivity index (χ1v) is 9.65. The number of likely N-dealkylation sites (N-methyl/N-ethyl adjacent to an activating group) is 1. The molecule has 3 aromatic rings. The quantitative estimate of drug-likeness (QED) is 0.583. The van der Waals surface area contributed by atoms with Crippen LogP contribution in [0.2, 0.25) is 0 Å². The van der Waals surface area contributed by atoms with Gasteiger partial charge in [-0.05, 0) is 23.6 Å². The third-order valence-electron chi connectivity index (χ3n) is 3.52. The van der Waals surface area contributed by atoms with Crippen LogP contribution in [0.15, 0.2) is 47.3 Å². The highest BCUT2D eigenvalue weighted by Crippen LogP contribution is 2.21. The lowest BCUT2D eigenvalue weighted by Gasteiger charge is -2.16. The summed E-state index contributed by atoms with van der Waals surface area (Å²) in [6.07, 6.45) is 1.73. The van der Waals surface area contributed by atoms with Gasteiger partial charge in [0.1, 0.15) is 5.01 Å². The molecule has 0 aliphatic heterocycles. The van der Waals surface area contributed by atoms with E-state index >= 15 is 0 Å². The predicted octanol–water partition coefficient (Wildman–Crippen LogP) is 3.01. The molecule has 26 heavy (non-hydrogen) atoms. The number of aromatic nitrogens is 2. The van der Waals surface area contributed by atoms with Crippen molar-refractivity contribution in [1.82, 2.24) is 14.9 Å². The molecule has 0 aliphatic rings. The number of thiazole rings is 1. The fourth-order valence-corrected chi connectivity index (χ4v) is 3.72. The molecule has 0 aliphatic carbocycles. The van der Waals surface area contributed by atoms with E-state index < -0.39 is 5.97 Å². The van der Waals surface area contributed by atoms with Crippen LogP contribution in [0, 0.1) is 0 Å². The van der Waals surface area contributed by atoms with Crippen LogP contribution in [0.5, 0.6) is 0 Å². The van der Waals surface area contributed by atoms with Gasteiger partial charge in [-0.25, -0.2) is 4.98 Å². The lowest BCUT2D eigenvalue weighted by atomic mass is 10.3. The molecule has 0 saturated carbocycles. The van der Waals surface area contributed by atoms with E-state index in [-0.39, 0.29) is 18.9 Å². The first-order chi connectivity index (χ1) is 12.6. The van der Waals surface area contributed by atoms with Crippen LogP contribution >= 0.6 is 22.7 Å². The number of carbonyl (C=O) groups is 2. The van der Waals surface area contributed by atoms with Crippen molar-refractivity contribution in [3.63, 3.8) is 0 Å². The summed E-state index contributed by atoms with van der Waals surface area (Å²) in [5.41, 5.74) is 1.38. The van der Waals surface area contributed by atoms with Gasteiger partial charge in [0.25, 0.3) is 5.91 Å². The molecule has 0 N–H and O–H groups in total. The van der Waals surface area contributed by atoms with Gasteiger partial charge in [0.2, 0.25) is 0 Å². The number of pyridine rings is 1. The number of amides is 1. The fourth-order valence-electron chi connectivity index (χ4n) is 2.17. The Labute approximate surface area is 159 Å². The van der Waals surface area contributed by atoms with Gasteiger partial charge in [-0.1, -0.05) is 12.1 Å². The Balaban J connectivity index is 1.47. The number of hydrogen-bond donors (Lipinski definition) is 0. The maximum absolute atomic E-state index is 12.0. The number of thiophene rings is 1. The van der Waals surface area contributed by atoms with E-state index in [2.05, 4.69) is 9.97 Å². The molecule has 3 aromatic heterocycles. The lowest BCUT2D eigenvalue weighted by molar-refractivity contribution is -0.151. The molecule has 1 amide bonds. The molecule has 0 bridgehead atoms. The van der Waals surface area contributed by atoms with Gasteiger partial charge in [-0.15, -0.1) is 22.7 Å². The Hall–Kier alpha value is -2.58. The highest BCUT2D eigenvalue weighted by Gasteiger charge is 2.15. The Morgan fingerprint density at radius 2 is 2.08 bits per heavy atom. The number of rotatable bonds is 7. The van der Waals surface area contributed by atoms with Gasteiger partial charge >= 0.3 is 5.97 Å². The van der Waals surface area contributed by atoms with Crippen molar-refractivity contribution >= 4 is 34.6 Å². The molecule has 3 rings (SSSR count). The van der Waals surface area contributed by atoms with Crippen LogP contribution in [0.3, 0.4) is 0 Å². The largest absolute Gasteiger partial charge is 0.455 e. The average Bonchev–Trinajstić information content (AvgIpc) is 3.32. The highest BCUT2D eigenvalue weighted by atomic mass is 32.1. The van der Waals surface area contributed by atoms with E-state index in [4.69, 9.17) is 4.74 Å². The van der Waals surface area contributed by atoms with Crippen molar-refractivity contribution in [3.05, 3.63) is 57.9 Å². The summed E-state index contributed by atoms with van der Waals surface area (Å²) >= 11 is 3.00. The molecule has 6 nitrogen and oxygen atoms in total. The van der Waals surface area contributed by atoms with Crippen LogP contribution < -0.4 is 0 Å². The van der Waals surface area contributed by atoms with Gasteiger partial charge in [-0.2, -0.15) is 0 Å². The van der Waals surface area contributed by atoms with Crippen molar-refractivity contribution < 1.29 is 14.3 Å². The van der Waals surface area contributed by atoms with Gasteiger partial charge in [0.15, 0.2) is 6.61 Å². The molecule has 134 valence electrons. The summed E-state index contributed by atoms with van der Waals surface area (Å²) in [7, 11) is 1.69. The highest BCUT2D eigenvalue weighted by molar-refractivity contribution is 7.13. The van der Waals surface area contributed by atoms with E-state index in [1.807, 2.05) is 35.7 Å². The van der Waals surface area contributed by atoms with Crippen molar-refractivity contribution in [2.75, 3.05) is 13.7 Å². The van der Waals surface area contributed by atoms with Gasteiger partial charge in [0.05, 0.1) is 24.4 Å². The fraction of sp³-hybridized carbons (Fsp3) is 0.222. The molecule has 3 heterocycles. The predicted molar refractivity (Wildman–Crippen MR) is 101 cm³/mol. The Kier molecular flexibility index (Phi) is 6.08. The molecular formula is C18H17N3O3S2. The second kappa shape index (κ2) is 8.68. The molecular weight excluding hydrogens is 370 g/mol. The van der Waals surface area contributed by atoms with E-state index in [0.717, 1.165) is 15.6 Å². The zero-order valence-electron chi connectivity index (χ0n) is 14.1. The van der Waals surface area contributed by atoms with Crippen molar-refractivity contribution in [2.45, 2.75) is 13.0 Å². The van der Waals surface area contributed by atoms with E-state index in [0.29, 0.717) is 12.2 Å². The maximum Gasteiger partial charge on any atom is 0.312 e. The van der Waals surface area contributed by atoms with E-state index in [1.54, 1.807) is 34.9 Å². The number of hydrogen-bond acceptors (Lipinski definition) is 7. The second-order valence-corrected chi connectivity index (χ2v) is 7.42. The first kappa shape index (κ1) is 18.2. The van der Waals surface area contributed by atoms with E-state index in [9.17, 15) is 9.59 Å². The molecule has 0 radical (unpaired) electrons. The summed E-state index contributed by atoms with van der Waals surface area (Å²) in [4.78, 5) is 35.3. The number of esters is 1. The molecule has 0 unspecified atom stereocenters. The number of carbonyl (C=O) groups excluding carboxylic acids is 2. The second-order valence-electron chi connectivity index (χ2n) is 5.53. The van der Waals surface area contributed by atoms with Crippen molar-refractivity contribution in [1.29, 1.82) is 0 Å². The maximum atomic E-state index is 12.0.